The van der Waals surface area contributed by atoms with E-state index in [4.69, 9.17) is 4.74 Å². The minimum absolute atomic E-state index is 0.810. The monoisotopic (exact) mass is 262 g/mol. The Bertz CT molecular complexity index is 479. The number of nitrogens with one attached hydrogen (secondary N) is 1. The van der Waals surface area contributed by atoms with Crippen LogP contribution in [0.3, 0.4) is 0 Å². The number of rotatable bonds is 3. The maximum atomic E-state index is 5.35. The second kappa shape index (κ2) is 5.32. The Kier molecular flexibility index (Phi) is 3.38. The first-order valence-electron chi connectivity index (χ1n) is 5.88. The lowest BCUT2D eigenvalue weighted by molar-refractivity contribution is 0.122. The summed E-state index contributed by atoms with van der Waals surface area (Å²) in [7, 11) is 0. The number of ether oxygens (including phenoxy) is 1. The number of hydrogen-bond donors (Lipinski definition) is 1. The first-order chi connectivity index (χ1) is 8.92. The number of anilines is 3. The third kappa shape index (κ3) is 2.60. The van der Waals surface area contributed by atoms with Crippen LogP contribution in [0.2, 0.25) is 0 Å². The van der Waals surface area contributed by atoms with Crippen LogP contribution in [0.4, 0.5) is 16.5 Å². The van der Waals surface area contributed by atoms with Gasteiger partial charge in [-0.3, -0.25) is 0 Å². The second-order valence-corrected chi connectivity index (χ2v) is 4.85. The van der Waals surface area contributed by atoms with Gasteiger partial charge in [0, 0.05) is 24.5 Å². The van der Waals surface area contributed by atoms with Crippen LogP contribution in [-0.4, -0.2) is 36.5 Å². The van der Waals surface area contributed by atoms with E-state index in [1.54, 1.807) is 5.51 Å². The number of benzene rings is 1. The molecule has 94 valence electrons. The largest absolute Gasteiger partial charge is 0.378 e. The highest BCUT2D eigenvalue weighted by Gasteiger charge is 2.10. The molecule has 1 aliphatic rings. The van der Waals surface area contributed by atoms with Crippen molar-refractivity contribution >= 4 is 27.8 Å². The lowest BCUT2D eigenvalue weighted by Gasteiger charge is -2.28. The average Bonchev–Trinajstić information content (AvgIpc) is 2.94. The molecule has 0 aliphatic carbocycles. The highest BCUT2D eigenvalue weighted by atomic mass is 32.1. The van der Waals surface area contributed by atoms with E-state index in [1.807, 2.05) is 0 Å². The van der Waals surface area contributed by atoms with Gasteiger partial charge >= 0.3 is 0 Å². The van der Waals surface area contributed by atoms with Crippen LogP contribution >= 0.6 is 11.3 Å². The van der Waals surface area contributed by atoms with Crippen LogP contribution in [0.1, 0.15) is 0 Å². The molecule has 2 aromatic rings. The van der Waals surface area contributed by atoms with Crippen molar-refractivity contribution in [2.24, 2.45) is 0 Å². The molecular formula is C12H14N4OS. The molecule has 0 bridgehead atoms. The summed E-state index contributed by atoms with van der Waals surface area (Å²) in [5.41, 5.74) is 3.98. The molecule has 0 atom stereocenters. The fourth-order valence-corrected chi connectivity index (χ4v) is 2.39. The van der Waals surface area contributed by atoms with Gasteiger partial charge in [0.15, 0.2) is 0 Å². The fourth-order valence-electron chi connectivity index (χ4n) is 1.93. The molecule has 0 amide bonds. The van der Waals surface area contributed by atoms with E-state index >= 15 is 0 Å². The van der Waals surface area contributed by atoms with Crippen molar-refractivity contribution in [1.29, 1.82) is 0 Å². The molecule has 1 aliphatic heterocycles. The maximum Gasteiger partial charge on any atom is 0.209 e. The molecule has 0 unspecified atom stereocenters. The van der Waals surface area contributed by atoms with Crippen LogP contribution in [0.5, 0.6) is 0 Å². The fraction of sp³-hybridized carbons (Fsp3) is 0.333. The summed E-state index contributed by atoms with van der Waals surface area (Å²) in [6, 6.07) is 8.36. The van der Waals surface area contributed by atoms with Gasteiger partial charge in [-0.25, -0.2) is 0 Å². The minimum atomic E-state index is 0.810. The van der Waals surface area contributed by atoms with E-state index in [9.17, 15) is 0 Å². The summed E-state index contributed by atoms with van der Waals surface area (Å²) >= 11 is 1.49. The van der Waals surface area contributed by atoms with E-state index in [1.165, 1.54) is 17.0 Å². The van der Waals surface area contributed by atoms with Gasteiger partial charge in [0.1, 0.15) is 5.51 Å². The summed E-state index contributed by atoms with van der Waals surface area (Å²) in [6.07, 6.45) is 0. The van der Waals surface area contributed by atoms with E-state index in [0.717, 1.165) is 37.1 Å². The van der Waals surface area contributed by atoms with Gasteiger partial charge in [0.2, 0.25) is 5.13 Å². The molecule has 0 radical (unpaired) electrons. The van der Waals surface area contributed by atoms with Crippen LogP contribution < -0.4 is 10.2 Å². The second-order valence-electron chi connectivity index (χ2n) is 4.02. The quantitative estimate of drug-likeness (QED) is 0.918. The lowest BCUT2D eigenvalue weighted by Crippen LogP contribution is -2.36. The van der Waals surface area contributed by atoms with Crippen LogP contribution in [0, 0.1) is 0 Å². The zero-order valence-electron chi connectivity index (χ0n) is 9.87. The first-order valence-corrected chi connectivity index (χ1v) is 6.76. The van der Waals surface area contributed by atoms with Gasteiger partial charge < -0.3 is 15.0 Å². The predicted octanol–water partition coefficient (Wildman–Crippen LogP) is 2.12. The Morgan fingerprint density at radius 3 is 2.61 bits per heavy atom. The summed E-state index contributed by atoms with van der Waals surface area (Å²) in [6.45, 7) is 3.54. The summed E-state index contributed by atoms with van der Waals surface area (Å²) < 4.78 is 5.35. The number of hydrogen-bond acceptors (Lipinski definition) is 6. The molecule has 0 saturated carbocycles. The molecule has 1 aromatic heterocycles. The summed E-state index contributed by atoms with van der Waals surface area (Å²) in [5.74, 6) is 0. The molecule has 2 heterocycles. The van der Waals surface area contributed by atoms with Gasteiger partial charge in [-0.2, -0.15) is 0 Å². The normalized spacial score (nSPS) is 15.7. The summed E-state index contributed by atoms with van der Waals surface area (Å²) in [5, 5.41) is 11.8. The Labute approximate surface area is 109 Å². The Morgan fingerprint density at radius 1 is 1.17 bits per heavy atom. The Balaban J connectivity index is 1.68. The molecule has 3 rings (SSSR count). The van der Waals surface area contributed by atoms with Crippen molar-refractivity contribution < 1.29 is 4.74 Å². The third-order valence-corrected chi connectivity index (χ3v) is 3.46. The zero-order valence-corrected chi connectivity index (χ0v) is 10.7. The van der Waals surface area contributed by atoms with Crippen LogP contribution in [0.15, 0.2) is 29.8 Å². The molecule has 6 heteroatoms. The Hall–Kier alpha value is -1.66. The SMILES string of the molecule is c1nnc(Nc2ccc(N3CCOCC3)cc2)s1. The first kappa shape index (κ1) is 11.4. The third-order valence-electron chi connectivity index (χ3n) is 2.85. The minimum Gasteiger partial charge on any atom is -0.378 e. The van der Waals surface area contributed by atoms with Gasteiger partial charge in [0.25, 0.3) is 0 Å². The van der Waals surface area contributed by atoms with Gasteiger partial charge in [0.05, 0.1) is 13.2 Å². The Morgan fingerprint density at radius 2 is 1.94 bits per heavy atom. The molecule has 0 spiro atoms. The van der Waals surface area contributed by atoms with Gasteiger partial charge in [-0.15, -0.1) is 10.2 Å². The molecule has 18 heavy (non-hydrogen) atoms. The summed E-state index contributed by atoms with van der Waals surface area (Å²) in [4.78, 5) is 2.33. The van der Waals surface area contributed by atoms with E-state index in [-0.39, 0.29) is 0 Å². The van der Waals surface area contributed by atoms with Gasteiger partial charge in [-0.05, 0) is 24.3 Å². The van der Waals surface area contributed by atoms with Crippen molar-refractivity contribution in [3.05, 3.63) is 29.8 Å². The molecule has 1 saturated heterocycles. The van der Waals surface area contributed by atoms with Crippen LogP contribution in [0.25, 0.3) is 0 Å². The van der Waals surface area contributed by atoms with Crippen molar-refractivity contribution in [2.45, 2.75) is 0 Å². The van der Waals surface area contributed by atoms with Crippen molar-refractivity contribution in [3.63, 3.8) is 0 Å². The zero-order chi connectivity index (χ0) is 12.2. The standard InChI is InChI=1S/C12H14N4OS/c1-3-11(16-5-7-17-8-6-16)4-2-10(1)14-12-15-13-9-18-12/h1-4,9H,5-8H2,(H,14,15). The van der Waals surface area contributed by atoms with Crippen molar-refractivity contribution in [2.75, 3.05) is 36.5 Å². The van der Waals surface area contributed by atoms with Gasteiger partial charge in [-0.1, -0.05) is 11.3 Å². The topological polar surface area (TPSA) is 50.3 Å². The van der Waals surface area contributed by atoms with E-state index < -0.39 is 0 Å². The highest BCUT2D eigenvalue weighted by Crippen LogP contribution is 2.22. The van der Waals surface area contributed by atoms with E-state index in [0.29, 0.717) is 0 Å². The van der Waals surface area contributed by atoms with Crippen LogP contribution in [-0.2, 0) is 4.74 Å². The molecule has 1 aromatic carbocycles. The number of aromatic nitrogens is 2. The smallest absolute Gasteiger partial charge is 0.209 e. The maximum absolute atomic E-state index is 5.35. The number of morpholine rings is 1. The van der Waals surface area contributed by atoms with Crippen molar-refractivity contribution in [1.82, 2.24) is 10.2 Å². The van der Waals surface area contributed by atoms with Crippen molar-refractivity contribution in [3.8, 4) is 0 Å². The van der Waals surface area contributed by atoms with E-state index in [2.05, 4.69) is 44.7 Å². The average molecular weight is 262 g/mol. The molecule has 1 fully saturated rings. The number of nitrogens with zero attached hydrogens (tertiary/aromatic N) is 3. The predicted molar refractivity (Wildman–Crippen MR) is 72.7 cm³/mol. The molecule has 1 N–H and O–H groups in total. The highest BCUT2D eigenvalue weighted by molar-refractivity contribution is 7.13. The lowest BCUT2D eigenvalue weighted by atomic mass is 10.2. The molecule has 5 nitrogen and oxygen atoms in total. The molecular weight excluding hydrogens is 248 g/mol.